The third-order valence-corrected chi connectivity index (χ3v) is 6.71. The van der Waals surface area contributed by atoms with Crippen molar-refractivity contribution in [3.8, 4) is 0 Å². The molecule has 0 unspecified atom stereocenters. The number of nitrogens with one attached hydrogen (secondary N) is 2. The third-order valence-electron chi connectivity index (χ3n) is 6.71. The van der Waals surface area contributed by atoms with Crippen LogP contribution in [-0.2, 0) is 14.4 Å². The van der Waals surface area contributed by atoms with Crippen LogP contribution in [0.25, 0.3) is 0 Å². The zero-order valence-corrected chi connectivity index (χ0v) is 17.7. The van der Waals surface area contributed by atoms with E-state index in [0.717, 1.165) is 57.8 Å². The first kappa shape index (κ1) is 22.5. The van der Waals surface area contributed by atoms with Crippen molar-refractivity contribution in [2.24, 2.45) is 22.4 Å². The quantitative estimate of drug-likeness (QED) is 0.189. The van der Waals surface area contributed by atoms with E-state index in [-0.39, 0.29) is 29.9 Å². The number of piperidine rings is 1. The van der Waals surface area contributed by atoms with Crippen molar-refractivity contribution in [1.82, 2.24) is 15.5 Å². The maximum absolute atomic E-state index is 13.4. The molecule has 0 aromatic carbocycles. The molecule has 9 heteroatoms. The normalized spacial score (nSPS) is 29.5. The SMILES string of the molecule is NC(N)=NCCC[C@@H](C=O)NC(=O)[C@@H]1C[C@H]2CCCC[C@H]2N1C(=O)[C@H]1CCCCN1. The van der Waals surface area contributed by atoms with E-state index in [4.69, 9.17) is 11.5 Å². The van der Waals surface area contributed by atoms with E-state index in [1.54, 1.807) is 0 Å². The van der Waals surface area contributed by atoms with Gasteiger partial charge >= 0.3 is 0 Å². The molecule has 168 valence electrons. The van der Waals surface area contributed by atoms with Crippen LogP contribution >= 0.6 is 0 Å². The summed E-state index contributed by atoms with van der Waals surface area (Å²) in [5, 5.41) is 6.20. The van der Waals surface area contributed by atoms with Gasteiger partial charge in [0.05, 0.1) is 12.1 Å². The lowest BCUT2D eigenvalue weighted by Gasteiger charge is -2.37. The Hall–Kier alpha value is -2.16. The lowest BCUT2D eigenvalue weighted by atomic mass is 9.84. The maximum Gasteiger partial charge on any atom is 0.243 e. The molecule has 1 saturated carbocycles. The number of hydrogen-bond donors (Lipinski definition) is 4. The Kier molecular flexibility index (Phi) is 8.07. The van der Waals surface area contributed by atoms with Gasteiger partial charge in [0.25, 0.3) is 0 Å². The summed E-state index contributed by atoms with van der Waals surface area (Å²) in [7, 11) is 0. The first-order valence-corrected chi connectivity index (χ1v) is 11.4. The van der Waals surface area contributed by atoms with Gasteiger partial charge in [0.15, 0.2) is 5.96 Å². The highest BCUT2D eigenvalue weighted by Crippen LogP contribution is 2.40. The van der Waals surface area contributed by atoms with Crippen molar-refractivity contribution in [2.45, 2.75) is 88.4 Å². The second-order valence-electron chi connectivity index (χ2n) is 8.81. The standard InChI is InChI=1S/C21H36N6O3/c22-21(23)25-11-5-7-15(13-28)26-19(29)18-12-14-6-1-2-9-17(14)27(18)20(30)16-8-3-4-10-24-16/h13-18,24H,1-12H2,(H,26,29)(H4,22,23,25)/t14-,15+,16-,17-,18+/m1/s1. The highest BCUT2D eigenvalue weighted by molar-refractivity contribution is 5.92. The molecule has 9 nitrogen and oxygen atoms in total. The fourth-order valence-corrected chi connectivity index (χ4v) is 5.23. The second-order valence-corrected chi connectivity index (χ2v) is 8.81. The molecule has 0 bridgehead atoms. The van der Waals surface area contributed by atoms with Crippen molar-refractivity contribution in [2.75, 3.05) is 13.1 Å². The maximum atomic E-state index is 13.4. The lowest BCUT2D eigenvalue weighted by Crippen LogP contribution is -2.57. The minimum absolute atomic E-state index is 0.0146. The number of carbonyl (C=O) groups excluding carboxylic acids is 3. The van der Waals surface area contributed by atoms with Crippen LogP contribution < -0.4 is 22.1 Å². The first-order chi connectivity index (χ1) is 14.5. The van der Waals surface area contributed by atoms with Crippen molar-refractivity contribution in [1.29, 1.82) is 0 Å². The van der Waals surface area contributed by atoms with Gasteiger partial charge in [-0.3, -0.25) is 14.6 Å². The Labute approximate surface area is 178 Å². The predicted octanol–water partition coefficient (Wildman–Crippen LogP) is 0.0255. The Bertz CT molecular complexity index is 645. The summed E-state index contributed by atoms with van der Waals surface area (Å²) in [6.45, 7) is 1.26. The Morgan fingerprint density at radius 3 is 2.63 bits per heavy atom. The van der Waals surface area contributed by atoms with Gasteiger partial charge in [0, 0.05) is 12.6 Å². The van der Waals surface area contributed by atoms with Crippen LogP contribution in [0, 0.1) is 5.92 Å². The molecule has 3 fully saturated rings. The number of rotatable bonds is 8. The molecular formula is C21H36N6O3. The van der Waals surface area contributed by atoms with Crippen LogP contribution in [0.3, 0.4) is 0 Å². The van der Waals surface area contributed by atoms with Crippen LogP contribution in [0.1, 0.15) is 64.2 Å². The summed E-state index contributed by atoms with van der Waals surface area (Å²) in [5.74, 6) is 0.228. The number of hydrogen-bond acceptors (Lipinski definition) is 5. The summed E-state index contributed by atoms with van der Waals surface area (Å²) in [5.41, 5.74) is 10.6. The van der Waals surface area contributed by atoms with E-state index in [2.05, 4.69) is 15.6 Å². The van der Waals surface area contributed by atoms with Gasteiger partial charge in [-0.05, 0) is 57.4 Å². The van der Waals surface area contributed by atoms with Crippen molar-refractivity contribution in [3.63, 3.8) is 0 Å². The van der Waals surface area contributed by atoms with E-state index >= 15 is 0 Å². The van der Waals surface area contributed by atoms with Crippen molar-refractivity contribution < 1.29 is 14.4 Å². The van der Waals surface area contributed by atoms with Crippen molar-refractivity contribution in [3.05, 3.63) is 0 Å². The highest BCUT2D eigenvalue weighted by atomic mass is 16.2. The molecule has 3 aliphatic rings. The van der Waals surface area contributed by atoms with Gasteiger partial charge in [-0.15, -0.1) is 0 Å². The number of nitrogens with zero attached hydrogens (tertiary/aromatic N) is 2. The summed E-state index contributed by atoms with van der Waals surface area (Å²) in [6.07, 6.45) is 9.71. The van der Waals surface area contributed by atoms with Crippen LogP contribution in [0.15, 0.2) is 4.99 Å². The fraction of sp³-hybridized carbons (Fsp3) is 0.810. The monoisotopic (exact) mass is 420 g/mol. The van der Waals surface area contributed by atoms with Crippen LogP contribution in [0.2, 0.25) is 0 Å². The van der Waals surface area contributed by atoms with Gasteiger partial charge in [-0.2, -0.15) is 0 Å². The number of aldehydes is 1. The molecule has 2 aliphatic heterocycles. The van der Waals surface area contributed by atoms with Gasteiger partial charge in [-0.25, -0.2) is 0 Å². The highest BCUT2D eigenvalue weighted by Gasteiger charge is 2.48. The van der Waals surface area contributed by atoms with Crippen LogP contribution in [0.4, 0.5) is 0 Å². The number of fused-ring (bicyclic) bond motifs is 1. The molecule has 0 aromatic rings. The smallest absolute Gasteiger partial charge is 0.243 e. The fourth-order valence-electron chi connectivity index (χ4n) is 5.23. The molecular weight excluding hydrogens is 384 g/mol. The minimum Gasteiger partial charge on any atom is -0.370 e. The molecule has 30 heavy (non-hydrogen) atoms. The summed E-state index contributed by atoms with van der Waals surface area (Å²) in [6, 6.07) is -1.15. The topological polar surface area (TPSA) is 143 Å². The molecule has 2 heterocycles. The summed E-state index contributed by atoms with van der Waals surface area (Å²) in [4.78, 5) is 43.8. The van der Waals surface area contributed by atoms with E-state index < -0.39 is 12.1 Å². The Morgan fingerprint density at radius 1 is 1.17 bits per heavy atom. The molecule has 3 rings (SSSR count). The van der Waals surface area contributed by atoms with Gasteiger partial charge in [0.2, 0.25) is 11.8 Å². The van der Waals surface area contributed by atoms with E-state index in [1.165, 1.54) is 0 Å². The molecule has 1 aliphatic carbocycles. The second kappa shape index (κ2) is 10.7. The van der Waals surface area contributed by atoms with Gasteiger partial charge in [-0.1, -0.05) is 19.3 Å². The molecule has 2 saturated heterocycles. The van der Waals surface area contributed by atoms with Gasteiger partial charge in [0.1, 0.15) is 12.3 Å². The number of amides is 2. The minimum atomic E-state index is -0.598. The van der Waals surface area contributed by atoms with Crippen LogP contribution in [0.5, 0.6) is 0 Å². The number of likely N-dealkylation sites (tertiary alicyclic amines) is 1. The van der Waals surface area contributed by atoms with E-state index in [0.29, 0.717) is 31.7 Å². The molecule has 2 amide bonds. The number of carbonyl (C=O) groups is 3. The van der Waals surface area contributed by atoms with Gasteiger partial charge < -0.3 is 31.8 Å². The zero-order valence-electron chi connectivity index (χ0n) is 17.7. The number of nitrogens with two attached hydrogens (primary N) is 2. The largest absolute Gasteiger partial charge is 0.370 e. The van der Waals surface area contributed by atoms with Crippen molar-refractivity contribution >= 4 is 24.1 Å². The Morgan fingerprint density at radius 2 is 1.93 bits per heavy atom. The van der Waals surface area contributed by atoms with E-state index in [9.17, 15) is 14.4 Å². The average molecular weight is 421 g/mol. The number of aliphatic imine (C=N–C) groups is 1. The number of guanidine groups is 1. The summed E-state index contributed by atoms with van der Waals surface area (Å²) >= 11 is 0. The van der Waals surface area contributed by atoms with E-state index in [1.807, 2.05) is 4.90 Å². The van der Waals surface area contributed by atoms with Crippen LogP contribution in [-0.4, -0.2) is 66.2 Å². The third kappa shape index (κ3) is 5.50. The Balaban J connectivity index is 1.65. The molecule has 5 atom stereocenters. The lowest BCUT2D eigenvalue weighted by molar-refractivity contribution is -0.143. The first-order valence-electron chi connectivity index (χ1n) is 11.4. The molecule has 0 radical (unpaired) electrons. The predicted molar refractivity (Wildman–Crippen MR) is 115 cm³/mol. The average Bonchev–Trinajstić information content (AvgIpc) is 3.15. The molecule has 0 aromatic heterocycles. The zero-order chi connectivity index (χ0) is 21.5. The molecule has 0 spiro atoms. The summed E-state index contributed by atoms with van der Waals surface area (Å²) < 4.78 is 0. The molecule has 6 N–H and O–H groups in total.